The maximum absolute atomic E-state index is 11.9. The zero-order valence-electron chi connectivity index (χ0n) is 10.2. The normalized spacial score (nSPS) is 11.8. The Morgan fingerprint density at radius 2 is 2.00 bits per heavy atom. The molecule has 0 aliphatic heterocycles. The first kappa shape index (κ1) is 13.2. The van der Waals surface area contributed by atoms with Crippen LogP contribution in [0.2, 0.25) is 0 Å². The highest BCUT2D eigenvalue weighted by molar-refractivity contribution is 7.15. The number of aromatic carboxylic acids is 1. The first-order chi connectivity index (χ1) is 9.08. The molecule has 1 unspecified atom stereocenters. The lowest BCUT2D eigenvalue weighted by atomic mass is 10.2. The maximum Gasteiger partial charge on any atom is 0.345 e. The van der Waals surface area contributed by atoms with Gasteiger partial charge in [0.2, 0.25) is 0 Å². The molecule has 2 N–H and O–H groups in total. The summed E-state index contributed by atoms with van der Waals surface area (Å²) in [6, 6.07) is 8.17. The minimum absolute atomic E-state index is 0.149. The van der Waals surface area contributed by atoms with Gasteiger partial charge in [0.25, 0.3) is 5.91 Å². The standard InChI is InChI=1S/C13H12N2O3S/c1-8(9-4-2-3-7-14-9)15-12(16)10-5-6-11(19-10)13(17)18/h2-8H,1H3,(H,15,16)(H,17,18). The lowest BCUT2D eigenvalue weighted by Gasteiger charge is -2.12. The number of aromatic nitrogens is 1. The predicted octanol–water partition coefficient (Wildman–Crippen LogP) is 2.33. The van der Waals surface area contributed by atoms with E-state index < -0.39 is 5.97 Å². The van der Waals surface area contributed by atoms with Gasteiger partial charge < -0.3 is 10.4 Å². The smallest absolute Gasteiger partial charge is 0.345 e. The molecule has 5 nitrogen and oxygen atoms in total. The van der Waals surface area contributed by atoms with Gasteiger partial charge in [-0.25, -0.2) is 4.79 Å². The van der Waals surface area contributed by atoms with Crippen LogP contribution >= 0.6 is 11.3 Å². The summed E-state index contributed by atoms with van der Waals surface area (Å²) in [5.41, 5.74) is 0.755. The van der Waals surface area contributed by atoms with Gasteiger partial charge in [-0.15, -0.1) is 11.3 Å². The van der Waals surface area contributed by atoms with Gasteiger partial charge in [0.05, 0.1) is 16.6 Å². The fourth-order valence-electron chi connectivity index (χ4n) is 1.55. The monoisotopic (exact) mass is 276 g/mol. The Labute approximate surface area is 113 Å². The Hall–Kier alpha value is -2.21. The third-order valence-corrected chi connectivity index (χ3v) is 3.59. The van der Waals surface area contributed by atoms with Crippen LogP contribution < -0.4 is 5.32 Å². The molecule has 0 aliphatic rings. The first-order valence-corrected chi connectivity index (χ1v) is 6.44. The first-order valence-electron chi connectivity index (χ1n) is 5.63. The molecule has 0 fully saturated rings. The number of hydrogen-bond acceptors (Lipinski definition) is 4. The Balaban J connectivity index is 2.06. The number of carbonyl (C=O) groups is 2. The van der Waals surface area contributed by atoms with Crippen molar-refractivity contribution in [3.63, 3.8) is 0 Å². The van der Waals surface area contributed by atoms with Gasteiger partial charge in [0.1, 0.15) is 4.88 Å². The van der Waals surface area contributed by atoms with Gasteiger partial charge in [-0.05, 0) is 31.2 Å². The molecule has 0 aromatic carbocycles. The second kappa shape index (κ2) is 5.62. The lowest BCUT2D eigenvalue weighted by Crippen LogP contribution is -2.26. The largest absolute Gasteiger partial charge is 0.477 e. The second-order valence-electron chi connectivity index (χ2n) is 3.92. The van der Waals surface area contributed by atoms with Crippen LogP contribution in [0.15, 0.2) is 36.5 Å². The zero-order chi connectivity index (χ0) is 13.8. The third-order valence-electron chi connectivity index (χ3n) is 2.52. The molecule has 1 amide bonds. The number of hydrogen-bond donors (Lipinski definition) is 2. The van der Waals surface area contributed by atoms with Gasteiger partial charge in [0, 0.05) is 6.20 Å². The van der Waals surface area contributed by atoms with Crippen LogP contribution in [-0.4, -0.2) is 22.0 Å². The van der Waals surface area contributed by atoms with E-state index in [1.807, 2.05) is 19.1 Å². The van der Waals surface area contributed by atoms with Crippen molar-refractivity contribution in [1.82, 2.24) is 10.3 Å². The average Bonchev–Trinajstić information content (AvgIpc) is 2.89. The van der Waals surface area contributed by atoms with Gasteiger partial charge in [-0.2, -0.15) is 0 Å². The van der Waals surface area contributed by atoms with Crippen molar-refractivity contribution in [1.29, 1.82) is 0 Å². The highest BCUT2D eigenvalue weighted by atomic mass is 32.1. The number of nitrogens with zero attached hydrogens (tertiary/aromatic N) is 1. The van der Waals surface area contributed by atoms with E-state index in [-0.39, 0.29) is 16.8 Å². The summed E-state index contributed by atoms with van der Waals surface area (Å²) in [6.45, 7) is 1.83. The fourth-order valence-corrected chi connectivity index (χ4v) is 2.30. The number of pyridine rings is 1. The number of carboxylic acids is 1. The van der Waals surface area contributed by atoms with Crippen molar-refractivity contribution in [2.45, 2.75) is 13.0 Å². The Kier molecular flexibility index (Phi) is 3.91. The van der Waals surface area contributed by atoms with Crippen LogP contribution in [0.25, 0.3) is 0 Å². The zero-order valence-corrected chi connectivity index (χ0v) is 11.0. The van der Waals surface area contributed by atoms with Crippen LogP contribution in [-0.2, 0) is 0 Å². The molecule has 1 atom stereocenters. The SMILES string of the molecule is CC(NC(=O)c1ccc(C(=O)O)s1)c1ccccn1. The van der Waals surface area contributed by atoms with Crippen LogP contribution in [0.3, 0.4) is 0 Å². The van der Waals surface area contributed by atoms with Crippen LogP contribution in [0.4, 0.5) is 0 Å². The average molecular weight is 276 g/mol. The summed E-state index contributed by atoms with van der Waals surface area (Å²) >= 11 is 0.954. The Bertz CT molecular complexity index is 595. The van der Waals surface area contributed by atoms with E-state index in [2.05, 4.69) is 10.3 Å². The molecule has 0 saturated carbocycles. The number of carbonyl (C=O) groups excluding carboxylic acids is 1. The van der Waals surface area contributed by atoms with E-state index in [9.17, 15) is 9.59 Å². The van der Waals surface area contributed by atoms with Crippen molar-refractivity contribution in [2.75, 3.05) is 0 Å². The summed E-state index contributed by atoms with van der Waals surface area (Å²) in [7, 11) is 0. The highest BCUT2D eigenvalue weighted by Crippen LogP contribution is 2.17. The van der Waals surface area contributed by atoms with Crippen molar-refractivity contribution < 1.29 is 14.7 Å². The minimum Gasteiger partial charge on any atom is -0.477 e. The molecule has 98 valence electrons. The van der Waals surface area contributed by atoms with Gasteiger partial charge in [0.15, 0.2) is 0 Å². The maximum atomic E-state index is 11.9. The molecule has 0 bridgehead atoms. The van der Waals surface area contributed by atoms with Crippen molar-refractivity contribution in [2.24, 2.45) is 0 Å². The van der Waals surface area contributed by atoms with Gasteiger partial charge >= 0.3 is 5.97 Å². The highest BCUT2D eigenvalue weighted by Gasteiger charge is 2.15. The fraction of sp³-hybridized carbons (Fsp3) is 0.154. The molecule has 2 heterocycles. The number of amides is 1. The molecule has 0 radical (unpaired) electrons. The molecule has 2 aromatic rings. The Morgan fingerprint density at radius 3 is 2.58 bits per heavy atom. The third kappa shape index (κ3) is 3.17. The summed E-state index contributed by atoms with van der Waals surface area (Å²) in [5, 5.41) is 11.6. The number of nitrogens with one attached hydrogen (secondary N) is 1. The molecule has 2 rings (SSSR count). The van der Waals surface area contributed by atoms with E-state index in [1.165, 1.54) is 12.1 Å². The summed E-state index contributed by atoms with van der Waals surface area (Å²) in [5.74, 6) is -1.32. The topological polar surface area (TPSA) is 79.3 Å². The van der Waals surface area contributed by atoms with E-state index in [0.29, 0.717) is 4.88 Å². The number of thiophene rings is 1. The van der Waals surface area contributed by atoms with Crippen LogP contribution in [0.1, 0.15) is 38.0 Å². The summed E-state index contributed by atoms with van der Waals surface area (Å²) in [6.07, 6.45) is 1.66. The minimum atomic E-state index is -1.03. The van der Waals surface area contributed by atoms with Gasteiger partial charge in [-0.1, -0.05) is 6.07 Å². The molecule has 2 aromatic heterocycles. The van der Waals surface area contributed by atoms with E-state index >= 15 is 0 Å². The van der Waals surface area contributed by atoms with Crippen LogP contribution in [0.5, 0.6) is 0 Å². The molecular weight excluding hydrogens is 264 g/mol. The molecule has 0 aliphatic carbocycles. The molecule has 0 spiro atoms. The lowest BCUT2D eigenvalue weighted by molar-refractivity contribution is 0.0702. The predicted molar refractivity (Wildman–Crippen MR) is 71.4 cm³/mol. The molecule has 19 heavy (non-hydrogen) atoms. The van der Waals surface area contributed by atoms with E-state index in [0.717, 1.165) is 17.0 Å². The number of carboxylic acid groups (broad SMARTS) is 1. The number of rotatable bonds is 4. The van der Waals surface area contributed by atoms with Crippen molar-refractivity contribution in [3.05, 3.63) is 52.0 Å². The quantitative estimate of drug-likeness (QED) is 0.898. The van der Waals surface area contributed by atoms with Crippen LogP contribution in [0, 0.1) is 0 Å². The Morgan fingerprint density at radius 1 is 1.26 bits per heavy atom. The summed E-state index contributed by atoms with van der Waals surface area (Å²) < 4.78 is 0. The van der Waals surface area contributed by atoms with Crippen molar-refractivity contribution >= 4 is 23.2 Å². The molecule has 0 saturated heterocycles. The molecule has 6 heteroatoms. The van der Waals surface area contributed by atoms with Crippen molar-refractivity contribution in [3.8, 4) is 0 Å². The summed E-state index contributed by atoms with van der Waals surface area (Å²) in [4.78, 5) is 27.4. The van der Waals surface area contributed by atoms with Gasteiger partial charge in [-0.3, -0.25) is 9.78 Å². The molecular formula is C13H12N2O3S. The van der Waals surface area contributed by atoms with E-state index in [1.54, 1.807) is 12.3 Å². The van der Waals surface area contributed by atoms with E-state index in [4.69, 9.17) is 5.11 Å². The second-order valence-corrected chi connectivity index (χ2v) is 5.00.